The maximum atomic E-state index is 12.9. The Morgan fingerprint density at radius 1 is 1.25 bits per heavy atom. The molecule has 3 aliphatic rings. The van der Waals surface area contributed by atoms with Gasteiger partial charge in [-0.1, -0.05) is 0 Å². The van der Waals surface area contributed by atoms with Crippen molar-refractivity contribution in [2.75, 3.05) is 5.73 Å². The second kappa shape index (κ2) is 6.14. The van der Waals surface area contributed by atoms with Gasteiger partial charge in [-0.15, -0.1) is 12.4 Å². The quantitative estimate of drug-likeness (QED) is 0.811. The zero-order chi connectivity index (χ0) is 16.2. The Kier molecular flexibility index (Phi) is 4.45. The first-order chi connectivity index (χ1) is 10.9. The fourth-order valence-electron chi connectivity index (χ4n) is 3.99. The van der Waals surface area contributed by atoms with Crippen LogP contribution in [0.4, 0.5) is 5.69 Å². The van der Waals surface area contributed by atoms with E-state index in [4.69, 9.17) is 10.5 Å². The molecule has 0 radical (unpaired) electrons. The summed E-state index contributed by atoms with van der Waals surface area (Å²) in [5.41, 5.74) is 7.40. The zero-order valence-corrected chi connectivity index (χ0v) is 15.2. The number of nitrogen functional groups attached to an aromatic ring is 1. The van der Waals surface area contributed by atoms with Gasteiger partial charge < -0.3 is 15.8 Å². The number of anilines is 1. The number of halogens is 1. The molecule has 3 N–H and O–H groups in total. The van der Waals surface area contributed by atoms with E-state index in [-0.39, 0.29) is 35.9 Å². The van der Waals surface area contributed by atoms with Gasteiger partial charge in [0.2, 0.25) is 5.91 Å². The van der Waals surface area contributed by atoms with Crippen molar-refractivity contribution in [2.45, 2.75) is 57.6 Å². The second-order valence-corrected chi connectivity index (χ2v) is 8.12. The number of benzene rings is 1. The maximum absolute atomic E-state index is 12.9. The van der Waals surface area contributed by atoms with E-state index in [9.17, 15) is 4.79 Å². The van der Waals surface area contributed by atoms with E-state index < -0.39 is 0 Å². The maximum Gasteiger partial charge on any atom is 0.224 e. The predicted octanol–water partition coefficient (Wildman–Crippen LogP) is 3.85. The van der Waals surface area contributed by atoms with Crippen molar-refractivity contribution < 1.29 is 9.53 Å². The summed E-state index contributed by atoms with van der Waals surface area (Å²) in [7, 11) is 0. The molecule has 24 heavy (non-hydrogen) atoms. The molecule has 2 fully saturated rings. The number of carbonyl (C=O) groups is 1. The fourth-order valence-corrected chi connectivity index (χ4v) is 3.99. The van der Waals surface area contributed by atoms with Gasteiger partial charge in [0.1, 0.15) is 11.4 Å². The number of rotatable bonds is 4. The molecule has 0 aromatic heterocycles. The number of hydrogen-bond donors (Lipinski definition) is 2. The lowest BCUT2D eigenvalue weighted by Crippen LogP contribution is -2.43. The zero-order valence-electron chi connectivity index (χ0n) is 14.4. The first kappa shape index (κ1) is 17.4. The number of nitrogens with one attached hydrogen (secondary N) is 1. The van der Waals surface area contributed by atoms with Crippen molar-refractivity contribution in [2.24, 2.45) is 17.8 Å². The van der Waals surface area contributed by atoms with Gasteiger partial charge in [-0.25, -0.2) is 0 Å². The van der Waals surface area contributed by atoms with Crippen LogP contribution in [0.15, 0.2) is 18.2 Å². The first-order valence-corrected chi connectivity index (χ1v) is 8.82. The largest absolute Gasteiger partial charge is 0.487 e. The van der Waals surface area contributed by atoms with E-state index in [1.54, 1.807) is 0 Å². The highest BCUT2D eigenvalue weighted by Crippen LogP contribution is 2.50. The van der Waals surface area contributed by atoms with Crippen LogP contribution in [-0.4, -0.2) is 11.5 Å². The minimum absolute atomic E-state index is 0. The van der Waals surface area contributed by atoms with Crippen molar-refractivity contribution in [3.63, 3.8) is 0 Å². The summed E-state index contributed by atoms with van der Waals surface area (Å²) in [5.74, 6) is 2.55. The SMILES string of the molecule is CC1(C)CC(NC(=O)C(C2CC2)C2CC2)c2cc(N)ccc2O1.Cl. The van der Waals surface area contributed by atoms with E-state index in [1.807, 2.05) is 18.2 Å². The molecule has 1 atom stereocenters. The number of fused-ring (bicyclic) bond motifs is 1. The number of hydrogen-bond acceptors (Lipinski definition) is 3. The Balaban J connectivity index is 0.00000169. The molecule has 1 aliphatic heterocycles. The number of amides is 1. The Bertz CT molecular complexity index is 626. The van der Waals surface area contributed by atoms with Gasteiger partial charge in [0.25, 0.3) is 0 Å². The van der Waals surface area contributed by atoms with Crippen LogP contribution in [0.5, 0.6) is 5.75 Å². The highest BCUT2D eigenvalue weighted by molar-refractivity contribution is 5.85. The molecule has 1 aromatic rings. The van der Waals surface area contributed by atoms with Crippen LogP contribution in [0.25, 0.3) is 0 Å². The van der Waals surface area contributed by atoms with Crippen molar-refractivity contribution >= 4 is 24.0 Å². The summed E-state index contributed by atoms with van der Waals surface area (Å²) in [6, 6.07) is 5.71. The van der Waals surface area contributed by atoms with Crippen molar-refractivity contribution in [3.8, 4) is 5.75 Å². The Hall–Kier alpha value is -1.42. The molecule has 1 heterocycles. The van der Waals surface area contributed by atoms with Crippen molar-refractivity contribution in [3.05, 3.63) is 23.8 Å². The van der Waals surface area contributed by atoms with Crippen LogP contribution in [0.1, 0.15) is 57.6 Å². The number of nitrogens with two attached hydrogens (primary N) is 1. The molecule has 4 nitrogen and oxygen atoms in total. The molecule has 2 aliphatic carbocycles. The predicted molar refractivity (Wildman–Crippen MR) is 97.2 cm³/mol. The third-order valence-electron chi connectivity index (χ3n) is 5.37. The van der Waals surface area contributed by atoms with Crippen LogP contribution in [0, 0.1) is 17.8 Å². The molecule has 1 aromatic carbocycles. The van der Waals surface area contributed by atoms with Gasteiger partial charge in [-0.05, 0) is 69.6 Å². The molecule has 1 unspecified atom stereocenters. The van der Waals surface area contributed by atoms with E-state index in [2.05, 4.69) is 19.2 Å². The van der Waals surface area contributed by atoms with Crippen molar-refractivity contribution in [1.82, 2.24) is 5.32 Å². The van der Waals surface area contributed by atoms with Crippen LogP contribution in [0.2, 0.25) is 0 Å². The lowest BCUT2D eigenvalue weighted by molar-refractivity contribution is -0.127. The van der Waals surface area contributed by atoms with E-state index in [0.29, 0.717) is 17.5 Å². The molecule has 0 saturated heterocycles. The lowest BCUT2D eigenvalue weighted by atomic mass is 9.88. The van der Waals surface area contributed by atoms with Gasteiger partial charge in [-0.2, -0.15) is 0 Å². The molecular weight excluding hydrogens is 324 g/mol. The fraction of sp³-hybridized carbons (Fsp3) is 0.632. The third-order valence-corrected chi connectivity index (χ3v) is 5.37. The standard InChI is InChI=1S/C19H26N2O2.ClH/c1-19(2)10-15(14-9-13(20)7-8-16(14)23-19)21-18(22)17(11-3-4-11)12-5-6-12;/h7-9,11-12,15,17H,3-6,10,20H2,1-2H3,(H,21,22);1H. The summed E-state index contributed by atoms with van der Waals surface area (Å²) in [6.07, 6.45) is 5.65. The monoisotopic (exact) mass is 350 g/mol. The Morgan fingerprint density at radius 2 is 1.88 bits per heavy atom. The summed E-state index contributed by atoms with van der Waals surface area (Å²) in [6.45, 7) is 4.15. The first-order valence-electron chi connectivity index (χ1n) is 8.82. The van der Waals surface area contributed by atoms with Gasteiger partial charge in [0, 0.05) is 23.6 Å². The van der Waals surface area contributed by atoms with Gasteiger partial charge >= 0.3 is 0 Å². The lowest BCUT2D eigenvalue weighted by Gasteiger charge is -2.38. The topological polar surface area (TPSA) is 64.4 Å². The molecule has 2 saturated carbocycles. The molecular formula is C19H27ClN2O2. The third kappa shape index (κ3) is 3.49. The summed E-state index contributed by atoms with van der Waals surface area (Å²) >= 11 is 0. The van der Waals surface area contributed by atoms with Crippen LogP contribution in [-0.2, 0) is 4.79 Å². The Morgan fingerprint density at radius 3 is 2.46 bits per heavy atom. The second-order valence-electron chi connectivity index (χ2n) is 8.12. The van der Waals surface area contributed by atoms with Crippen LogP contribution < -0.4 is 15.8 Å². The molecule has 0 bridgehead atoms. The highest BCUT2D eigenvalue weighted by Gasteiger charge is 2.46. The molecule has 5 heteroatoms. The molecule has 1 amide bonds. The van der Waals surface area contributed by atoms with Crippen molar-refractivity contribution in [1.29, 1.82) is 0 Å². The van der Waals surface area contributed by atoms with E-state index in [0.717, 1.165) is 17.7 Å². The summed E-state index contributed by atoms with van der Waals surface area (Å²) in [4.78, 5) is 12.9. The Labute approximate surface area is 149 Å². The van der Waals surface area contributed by atoms with Crippen LogP contribution in [0.3, 0.4) is 0 Å². The number of ether oxygens (including phenoxy) is 1. The average molecular weight is 351 g/mol. The highest BCUT2D eigenvalue weighted by atomic mass is 35.5. The molecule has 4 rings (SSSR count). The minimum Gasteiger partial charge on any atom is -0.487 e. The summed E-state index contributed by atoms with van der Waals surface area (Å²) in [5, 5.41) is 3.33. The smallest absolute Gasteiger partial charge is 0.224 e. The van der Waals surface area contributed by atoms with E-state index >= 15 is 0 Å². The number of carbonyl (C=O) groups excluding carboxylic acids is 1. The minimum atomic E-state index is -0.282. The normalized spacial score (nSPS) is 24.5. The average Bonchev–Trinajstić information content (AvgIpc) is 3.33. The van der Waals surface area contributed by atoms with Gasteiger partial charge in [0.15, 0.2) is 0 Å². The van der Waals surface area contributed by atoms with E-state index in [1.165, 1.54) is 25.7 Å². The van der Waals surface area contributed by atoms with Gasteiger partial charge in [0.05, 0.1) is 6.04 Å². The van der Waals surface area contributed by atoms with Crippen LogP contribution >= 0.6 is 12.4 Å². The molecule has 0 spiro atoms. The molecule has 132 valence electrons. The van der Waals surface area contributed by atoms with Gasteiger partial charge in [-0.3, -0.25) is 4.79 Å². The summed E-state index contributed by atoms with van der Waals surface area (Å²) < 4.78 is 6.06.